The van der Waals surface area contributed by atoms with Gasteiger partial charge in [-0.1, -0.05) is 37.3 Å². The molecule has 0 saturated heterocycles. The molecule has 4 rings (SSSR count). The molecule has 1 aliphatic rings. The molecule has 1 aliphatic heterocycles. The van der Waals surface area contributed by atoms with Gasteiger partial charge in [-0.3, -0.25) is 4.79 Å². The Hall–Kier alpha value is -4.48. The molecule has 9 nitrogen and oxygen atoms in total. The van der Waals surface area contributed by atoms with Crippen LogP contribution < -0.4 is 26.2 Å². The molecule has 1 atom stereocenters. The van der Waals surface area contributed by atoms with Crippen LogP contribution in [0, 0.1) is 0 Å². The maximum absolute atomic E-state index is 13.2. The Morgan fingerprint density at radius 3 is 2.47 bits per heavy atom. The van der Waals surface area contributed by atoms with Crippen molar-refractivity contribution in [3.05, 3.63) is 71.4 Å². The van der Waals surface area contributed by atoms with Gasteiger partial charge in [-0.15, -0.1) is 0 Å². The number of halogens is 3. The van der Waals surface area contributed by atoms with E-state index in [-0.39, 0.29) is 22.8 Å². The molecule has 36 heavy (non-hydrogen) atoms. The number of nitrogens with two attached hydrogens (primary N) is 1. The zero-order chi connectivity index (χ0) is 26.0. The molecule has 3 aromatic rings. The lowest BCUT2D eigenvalue weighted by Crippen LogP contribution is -2.37. The molecule has 0 aliphatic carbocycles. The summed E-state index contributed by atoms with van der Waals surface area (Å²) in [6.45, 7) is 1.92. The lowest BCUT2D eigenvalue weighted by molar-refractivity contribution is -0.201. The molecule has 0 spiro atoms. The van der Waals surface area contributed by atoms with Gasteiger partial charge in [-0.05, 0) is 35.7 Å². The maximum atomic E-state index is 13.2. The minimum Gasteiger partial charge on any atom is -0.497 e. The van der Waals surface area contributed by atoms with Gasteiger partial charge < -0.3 is 25.9 Å². The van der Waals surface area contributed by atoms with Crippen LogP contribution in [0.4, 0.5) is 36.1 Å². The van der Waals surface area contributed by atoms with Crippen molar-refractivity contribution in [3.8, 4) is 5.75 Å². The van der Waals surface area contributed by atoms with Gasteiger partial charge in [0.1, 0.15) is 11.4 Å². The number of pyridine rings is 1. The molecule has 2 heterocycles. The number of anilines is 4. The van der Waals surface area contributed by atoms with Gasteiger partial charge in [0, 0.05) is 11.9 Å². The van der Waals surface area contributed by atoms with E-state index >= 15 is 0 Å². The summed E-state index contributed by atoms with van der Waals surface area (Å²) in [5.74, 6) is -2.73. The average Bonchev–Trinajstić information content (AvgIpc) is 3.22. The minimum absolute atomic E-state index is 0.0342. The number of nitrogens with one attached hydrogen (secondary N) is 2. The maximum Gasteiger partial charge on any atom is 0.493 e. The number of carbonyl (C=O) groups is 2. The highest BCUT2D eigenvalue weighted by Crippen LogP contribution is 2.47. The number of ether oxygens (including phenoxy) is 1. The van der Waals surface area contributed by atoms with Gasteiger partial charge >= 0.3 is 12.1 Å². The van der Waals surface area contributed by atoms with Crippen LogP contribution in [0.3, 0.4) is 0 Å². The third kappa shape index (κ3) is 4.69. The number of hydrogen-bond acceptors (Lipinski definition) is 8. The predicted molar refractivity (Wildman–Crippen MR) is 126 cm³/mol. The highest BCUT2D eigenvalue weighted by molar-refractivity contribution is 6.05. The molecule has 1 aromatic heterocycles. The minimum atomic E-state index is -5.27. The zero-order valence-corrected chi connectivity index (χ0v) is 19.2. The number of rotatable bonds is 7. The molecular formula is C24H22F3N5O4. The number of aromatic nitrogens is 1. The van der Waals surface area contributed by atoms with E-state index in [0.717, 1.165) is 10.6 Å². The second-order valence-corrected chi connectivity index (χ2v) is 7.77. The number of hydroxylamine groups is 1. The number of hydrogen-bond donors (Lipinski definition) is 3. The normalized spacial score (nSPS) is 14.6. The second-order valence-electron chi connectivity index (χ2n) is 7.77. The number of amides is 1. The van der Waals surface area contributed by atoms with E-state index in [4.69, 9.17) is 15.3 Å². The predicted octanol–water partition coefficient (Wildman–Crippen LogP) is 4.45. The highest BCUT2D eigenvalue weighted by Gasteiger charge is 2.46. The monoisotopic (exact) mass is 501 g/mol. The first kappa shape index (κ1) is 24.6. The van der Waals surface area contributed by atoms with Crippen molar-refractivity contribution in [1.29, 1.82) is 0 Å². The molecule has 0 saturated carbocycles. The molecule has 4 N–H and O–H groups in total. The Morgan fingerprint density at radius 2 is 1.86 bits per heavy atom. The van der Waals surface area contributed by atoms with E-state index in [1.807, 2.05) is 19.1 Å². The van der Waals surface area contributed by atoms with E-state index in [9.17, 15) is 22.8 Å². The lowest BCUT2D eigenvalue weighted by atomic mass is 10.1. The highest BCUT2D eigenvalue weighted by atomic mass is 19.4. The number of fused-ring (bicyclic) bond motifs is 1. The molecule has 1 amide bonds. The first-order valence-electron chi connectivity index (χ1n) is 10.8. The van der Waals surface area contributed by atoms with E-state index in [2.05, 4.69) is 15.6 Å². The van der Waals surface area contributed by atoms with Gasteiger partial charge in [-0.25, -0.2) is 9.78 Å². The Bertz CT molecular complexity index is 1300. The smallest absolute Gasteiger partial charge is 0.493 e. The van der Waals surface area contributed by atoms with E-state index < -0.39 is 24.2 Å². The van der Waals surface area contributed by atoms with Crippen LogP contribution in [-0.2, 0) is 16.1 Å². The van der Waals surface area contributed by atoms with Crippen molar-refractivity contribution in [2.45, 2.75) is 25.7 Å². The lowest BCUT2D eigenvalue weighted by Gasteiger charge is -2.27. The number of alkyl halides is 3. The van der Waals surface area contributed by atoms with Crippen molar-refractivity contribution in [2.75, 3.05) is 22.8 Å². The van der Waals surface area contributed by atoms with Gasteiger partial charge in [-0.2, -0.15) is 18.2 Å². The van der Waals surface area contributed by atoms with Crippen LogP contribution in [0.25, 0.3) is 0 Å². The number of para-hydroxylation sites is 1. The second kappa shape index (κ2) is 9.64. The largest absolute Gasteiger partial charge is 0.497 e. The number of nitrogens with zero attached hydrogens (tertiary/aromatic N) is 2. The SMILES string of the molecule is CCc1ccccc1Nc1c(C(N)=O)cnc2c1N(OC(=O)C(F)(F)F)C(c1ccc(OC)cc1)N2. The summed E-state index contributed by atoms with van der Waals surface area (Å²) in [6.07, 6.45) is -4.55. The van der Waals surface area contributed by atoms with Crippen LogP contribution in [0.15, 0.2) is 54.7 Å². The number of benzene rings is 2. The summed E-state index contributed by atoms with van der Waals surface area (Å²) >= 11 is 0. The third-order valence-corrected chi connectivity index (χ3v) is 5.55. The average molecular weight is 501 g/mol. The Morgan fingerprint density at radius 1 is 1.17 bits per heavy atom. The van der Waals surface area contributed by atoms with Gasteiger partial charge in [0.05, 0.1) is 18.4 Å². The Balaban J connectivity index is 1.87. The van der Waals surface area contributed by atoms with Gasteiger partial charge in [0.25, 0.3) is 5.91 Å². The van der Waals surface area contributed by atoms with Crippen LogP contribution in [0.2, 0.25) is 0 Å². The summed E-state index contributed by atoms with van der Waals surface area (Å²) in [6, 6.07) is 13.6. The number of primary amides is 1. The summed E-state index contributed by atoms with van der Waals surface area (Å²) < 4.78 is 44.8. The van der Waals surface area contributed by atoms with Gasteiger partial charge in [0.2, 0.25) is 0 Å². The molecular weight excluding hydrogens is 479 g/mol. The van der Waals surface area contributed by atoms with Crippen LogP contribution in [0.5, 0.6) is 5.75 Å². The zero-order valence-electron chi connectivity index (χ0n) is 19.2. The first-order valence-corrected chi connectivity index (χ1v) is 10.8. The van der Waals surface area contributed by atoms with Crippen LogP contribution >= 0.6 is 0 Å². The van der Waals surface area contributed by atoms with E-state index in [0.29, 0.717) is 23.4 Å². The topological polar surface area (TPSA) is 119 Å². The molecule has 12 heteroatoms. The van der Waals surface area contributed by atoms with Crippen molar-refractivity contribution in [2.24, 2.45) is 5.73 Å². The Kier molecular flexibility index (Phi) is 6.60. The molecule has 0 bridgehead atoms. The first-order chi connectivity index (χ1) is 17.1. The fourth-order valence-corrected chi connectivity index (χ4v) is 3.78. The van der Waals surface area contributed by atoms with Crippen molar-refractivity contribution in [1.82, 2.24) is 4.98 Å². The summed E-state index contributed by atoms with van der Waals surface area (Å²) in [5.41, 5.74) is 7.30. The van der Waals surface area contributed by atoms with Gasteiger partial charge in [0.15, 0.2) is 12.0 Å². The third-order valence-electron chi connectivity index (χ3n) is 5.55. The fraction of sp³-hybridized carbons (Fsp3) is 0.208. The standard InChI is InChI=1S/C24H22F3N5O4/c1-3-13-6-4-5-7-17(13)30-18-16(20(28)33)12-29-21-19(18)32(36-23(34)24(25,26)27)22(31-21)14-8-10-15(35-2)11-9-14/h4-12,22H,3H2,1-2H3,(H2,28,33)(H2,29,30,31). The van der Waals surface area contributed by atoms with Crippen LogP contribution in [0.1, 0.15) is 34.6 Å². The Labute approximate surface area is 204 Å². The molecule has 1 unspecified atom stereocenters. The molecule has 2 aromatic carbocycles. The summed E-state index contributed by atoms with van der Waals surface area (Å²) in [7, 11) is 1.47. The van der Waals surface area contributed by atoms with E-state index in [1.54, 1.807) is 36.4 Å². The summed E-state index contributed by atoms with van der Waals surface area (Å²) in [4.78, 5) is 33.2. The van der Waals surface area contributed by atoms with Crippen molar-refractivity contribution >= 4 is 34.8 Å². The quantitative estimate of drug-likeness (QED) is 0.435. The van der Waals surface area contributed by atoms with Crippen LogP contribution in [-0.4, -0.2) is 30.1 Å². The van der Waals surface area contributed by atoms with Crippen molar-refractivity contribution in [3.63, 3.8) is 0 Å². The number of methoxy groups -OCH3 is 1. The number of carbonyl (C=O) groups excluding carboxylic acids is 2. The fourth-order valence-electron chi connectivity index (χ4n) is 3.78. The van der Waals surface area contributed by atoms with E-state index in [1.165, 1.54) is 13.3 Å². The molecule has 0 fully saturated rings. The molecule has 0 radical (unpaired) electrons. The summed E-state index contributed by atoms with van der Waals surface area (Å²) in [5, 5.41) is 6.78. The van der Waals surface area contributed by atoms with Crippen molar-refractivity contribution < 1.29 is 32.3 Å². The number of aryl methyl sites for hydroxylation is 1. The molecule has 188 valence electrons.